The van der Waals surface area contributed by atoms with E-state index in [9.17, 15) is 8.42 Å². The summed E-state index contributed by atoms with van der Waals surface area (Å²) in [6.07, 6.45) is 2.68. The Morgan fingerprint density at radius 1 is 1.56 bits per heavy atom. The van der Waals surface area contributed by atoms with Gasteiger partial charge >= 0.3 is 0 Å². The van der Waals surface area contributed by atoms with Gasteiger partial charge in [-0.05, 0) is 44.6 Å². The molecule has 0 atom stereocenters. The molecule has 2 rings (SSSR count). The van der Waals surface area contributed by atoms with Gasteiger partial charge in [-0.2, -0.15) is 0 Å². The third-order valence-electron chi connectivity index (χ3n) is 1.99. The zero-order valence-electron chi connectivity index (χ0n) is 7.91. The fourth-order valence-corrected chi connectivity index (χ4v) is 4.61. The molecule has 0 amide bonds. The molecule has 0 radical (unpaired) electrons. The van der Waals surface area contributed by atoms with Crippen molar-refractivity contribution in [3.05, 3.63) is 25.6 Å². The number of rotatable bonds is 1. The van der Waals surface area contributed by atoms with Gasteiger partial charge in [-0.15, -0.1) is 0 Å². The van der Waals surface area contributed by atoms with Gasteiger partial charge in [-0.25, -0.2) is 17.4 Å². The molecule has 2 aromatic rings. The van der Waals surface area contributed by atoms with Crippen molar-refractivity contribution in [2.24, 2.45) is 0 Å². The van der Waals surface area contributed by atoms with E-state index in [-0.39, 0.29) is 5.15 Å². The van der Waals surface area contributed by atoms with E-state index in [0.717, 1.165) is 11.6 Å². The molecule has 0 aliphatic heterocycles. The summed E-state index contributed by atoms with van der Waals surface area (Å²) < 4.78 is 25.8. The van der Waals surface area contributed by atoms with E-state index < -0.39 is 10.0 Å². The molecule has 2 aromatic heterocycles. The van der Waals surface area contributed by atoms with Gasteiger partial charge in [-0.1, -0.05) is 11.6 Å². The van der Waals surface area contributed by atoms with Crippen molar-refractivity contribution in [3.8, 4) is 0 Å². The first kappa shape index (κ1) is 12.6. The predicted octanol–water partition coefficient (Wildman–Crippen LogP) is 2.86. The number of halogens is 3. The molecule has 0 unspecified atom stereocenters. The summed E-state index contributed by atoms with van der Waals surface area (Å²) in [5, 5.41) is 0.904. The van der Waals surface area contributed by atoms with Crippen LogP contribution in [0.2, 0.25) is 5.15 Å². The minimum absolute atomic E-state index is 0.173. The fourth-order valence-electron chi connectivity index (χ4n) is 1.41. The summed E-state index contributed by atoms with van der Waals surface area (Å²) in [5.74, 6) is 0. The predicted molar refractivity (Wildman–Crippen MR) is 75.4 cm³/mol. The number of hydrogen-bond acceptors (Lipinski definition) is 3. The second kappa shape index (κ2) is 4.11. The highest BCUT2D eigenvalue weighted by molar-refractivity contribution is 14.1. The highest BCUT2D eigenvalue weighted by atomic mass is 127. The fraction of sp³-hybridized carbons (Fsp3) is 0.125. The van der Waals surface area contributed by atoms with Crippen LogP contribution < -0.4 is 0 Å². The maximum Gasteiger partial charge on any atom is 0.237 e. The van der Waals surface area contributed by atoms with E-state index in [2.05, 4.69) is 20.9 Å². The average Bonchev–Trinajstić information content (AvgIpc) is 2.49. The smallest absolute Gasteiger partial charge is 0.237 e. The Hall–Kier alpha value is 0.140. The van der Waals surface area contributed by atoms with Crippen LogP contribution in [-0.2, 0) is 10.0 Å². The molecule has 0 spiro atoms. The Balaban J connectivity index is 3.06. The van der Waals surface area contributed by atoms with Crippen molar-refractivity contribution < 1.29 is 8.42 Å². The maximum absolute atomic E-state index is 11.6. The highest BCUT2D eigenvalue weighted by Gasteiger charge is 2.19. The van der Waals surface area contributed by atoms with Gasteiger partial charge in [0, 0.05) is 16.1 Å². The van der Waals surface area contributed by atoms with Crippen molar-refractivity contribution in [2.75, 3.05) is 6.26 Å². The Morgan fingerprint density at radius 3 is 2.75 bits per heavy atom. The van der Waals surface area contributed by atoms with Gasteiger partial charge in [0.05, 0.1) is 9.96 Å². The molecule has 86 valence electrons. The number of hydrogen-bond donors (Lipinski definition) is 0. The van der Waals surface area contributed by atoms with Gasteiger partial charge in [0.15, 0.2) is 5.15 Å². The number of pyridine rings is 1. The molecule has 16 heavy (non-hydrogen) atoms. The van der Waals surface area contributed by atoms with Crippen molar-refractivity contribution in [2.45, 2.75) is 0 Å². The van der Waals surface area contributed by atoms with Crippen LogP contribution in [0.25, 0.3) is 10.9 Å². The van der Waals surface area contributed by atoms with E-state index in [4.69, 9.17) is 11.6 Å². The standard InChI is InChI=1S/C8H5BrClIN2O2S/c1-16(14,15)13-6(11)2-4-5(9)3-12-8(10)7(4)13/h2-3H,1H3. The minimum atomic E-state index is -3.39. The Morgan fingerprint density at radius 2 is 2.19 bits per heavy atom. The Bertz CT molecular complexity index is 683. The van der Waals surface area contributed by atoms with E-state index >= 15 is 0 Å². The third kappa shape index (κ3) is 1.98. The van der Waals surface area contributed by atoms with E-state index in [1.165, 1.54) is 3.97 Å². The molecule has 4 nitrogen and oxygen atoms in total. The average molecular weight is 435 g/mol. The van der Waals surface area contributed by atoms with Crippen LogP contribution in [0, 0.1) is 3.70 Å². The van der Waals surface area contributed by atoms with Crippen LogP contribution in [-0.4, -0.2) is 23.6 Å². The van der Waals surface area contributed by atoms with Gasteiger partial charge in [0.25, 0.3) is 0 Å². The molecule has 0 fully saturated rings. The lowest BCUT2D eigenvalue weighted by molar-refractivity contribution is 0.594. The molecule has 0 saturated carbocycles. The normalized spacial score (nSPS) is 12.2. The van der Waals surface area contributed by atoms with Crippen molar-refractivity contribution in [1.82, 2.24) is 8.96 Å². The summed E-state index contributed by atoms with van der Waals surface area (Å²) in [4.78, 5) is 3.92. The summed E-state index contributed by atoms with van der Waals surface area (Å²) in [5.41, 5.74) is 0.406. The van der Waals surface area contributed by atoms with Gasteiger partial charge in [0.2, 0.25) is 10.0 Å². The molecule has 2 heterocycles. The summed E-state index contributed by atoms with van der Waals surface area (Å²) in [7, 11) is -3.39. The first-order valence-corrected chi connectivity index (χ1v) is 8.13. The molecule has 0 aliphatic rings. The van der Waals surface area contributed by atoms with Crippen LogP contribution in [0.4, 0.5) is 0 Å². The molecule has 0 bridgehead atoms. The largest absolute Gasteiger partial charge is 0.241 e. The molecular weight excluding hydrogens is 430 g/mol. The van der Waals surface area contributed by atoms with Gasteiger partial charge in [0.1, 0.15) is 5.52 Å². The number of aromatic nitrogens is 2. The second-order valence-corrected chi connectivity index (χ2v) is 7.30. The lowest BCUT2D eigenvalue weighted by atomic mass is 10.3. The lowest BCUT2D eigenvalue weighted by Gasteiger charge is -2.05. The van der Waals surface area contributed by atoms with Crippen molar-refractivity contribution in [1.29, 1.82) is 0 Å². The molecule has 8 heteroatoms. The van der Waals surface area contributed by atoms with Crippen LogP contribution >= 0.6 is 50.1 Å². The molecule has 0 saturated heterocycles. The first-order valence-electron chi connectivity index (χ1n) is 4.04. The summed E-state index contributed by atoms with van der Waals surface area (Å²) >= 11 is 11.2. The van der Waals surface area contributed by atoms with Gasteiger partial charge < -0.3 is 0 Å². The minimum Gasteiger partial charge on any atom is -0.241 e. The number of nitrogens with zero attached hydrogens (tertiary/aromatic N) is 2. The van der Waals surface area contributed by atoms with Crippen LogP contribution in [0.5, 0.6) is 0 Å². The zero-order valence-corrected chi connectivity index (χ0v) is 13.2. The molecule has 0 aliphatic carbocycles. The first-order chi connectivity index (χ1) is 7.32. The van der Waals surface area contributed by atoms with Crippen LogP contribution in [0.15, 0.2) is 16.7 Å². The van der Waals surface area contributed by atoms with Crippen molar-refractivity contribution >= 4 is 71.0 Å². The lowest BCUT2D eigenvalue weighted by Crippen LogP contribution is -2.11. The summed E-state index contributed by atoms with van der Waals surface area (Å²) in [6.45, 7) is 0. The SMILES string of the molecule is CS(=O)(=O)n1c(I)cc2c(Br)cnc(Cl)c21. The number of fused-ring (bicyclic) bond motifs is 1. The topological polar surface area (TPSA) is 52.0 Å². The van der Waals surface area contributed by atoms with Crippen molar-refractivity contribution in [3.63, 3.8) is 0 Å². The third-order valence-corrected chi connectivity index (χ3v) is 5.06. The Labute approximate surface area is 119 Å². The van der Waals surface area contributed by atoms with E-state index in [1.807, 2.05) is 22.6 Å². The Kier molecular flexibility index (Phi) is 3.23. The molecule has 0 N–H and O–H groups in total. The monoisotopic (exact) mass is 434 g/mol. The quantitative estimate of drug-likeness (QED) is 0.511. The van der Waals surface area contributed by atoms with Gasteiger partial charge in [-0.3, -0.25) is 0 Å². The molecule has 0 aromatic carbocycles. The highest BCUT2D eigenvalue weighted by Crippen LogP contribution is 2.32. The van der Waals surface area contributed by atoms with E-state index in [1.54, 1.807) is 12.3 Å². The maximum atomic E-state index is 11.6. The van der Waals surface area contributed by atoms with Crippen LogP contribution in [0.3, 0.4) is 0 Å². The van der Waals surface area contributed by atoms with E-state index in [0.29, 0.717) is 13.7 Å². The zero-order chi connectivity index (χ0) is 12.1. The second-order valence-electron chi connectivity index (χ2n) is 3.15. The summed E-state index contributed by atoms with van der Waals surface area (Å²) in [6, 6.07) is 1.74. The van der Waals surface area contributed by atoms with Crippen LogP contribution in [0.1, 0.15) is 0 Å². The molecular formula is C8H5BrClIN2O2S.